The van der Waals surface area contributed by atoms with Crippen molar-refractivity contribution in [2.24, 2.45) is 0 Å². The molecule has 3 nitrogen and oxygen atoms in total. The Labute approximate surface area is 66.7 Å². The molecule has 0 aliphatic carbocycles. The van der Waals surface area contributed by atoms with Gasteiger partial charge in [0.25, 0.3) is 0 Å². The number of carbonyl (C=O) groups excluding carboxylic acids is 1. The van der Waals surface area contributed by atoms with E-state index in [1.807, 2.05) is 5.92 Å². The molecule has 4 heteroatoms. The standard InChI is InChI=1S/C7H10O3S/c1-3-5-11(9,10)6-4-7(2)8/h1H,4-6H2,2H3. The number of carbonyl (C=O) groups is 1. The molecule has 0 aliphatic rings. The van der Waals surface area contributed by atoms with Gasteiger partial charge in [-0.1, -0.05) is 5.92 Å². The lowest BCUT2D eigenvalue weighted by Gasteiger charge is -1.95. The summed E-state index contributed by atoms with van der Waals surface area (Å²) in [4.78, 5) is 10.4. The first kappa shape index (κ1) is 10.2. The lowest BCUT2D eigenvalue weighted by molar-refractivity contribution is -0.116. The van der Waals surface area contributed by atoms with E-state index in [4.69, 9.17) is 6.42 Å². The zero-order chi connectivity index (χ0) is 8.91. The number of rotatable bonds is 4. The van der Waals surface area contributed by atoms with Crippen molar-refractivity contribution in [2.45, 2.75) is 13.3 Å². The maximum atomic E-state index is 10.8. The molecule has 0 aromatic heterocycles. The summed E-state index contributed by atoms with van der Waals surface area (Å²) in [6.07, 6.45) is 4.87. The monoisotopic (exact) mass is 174 g/mol. The van der Waals surface area contributed by atoms with Crippen LogP contribution in [0.25, 0.3) is 0 Å². The normalized spacial score (nSPS) is 10.5. The summed E-state index contributed by atoms with van der Waals surface area (Å²) in [7, 11) is -3.18. The van der Waals surface area contributed by atoms with Crippen LogP contribution in [-0.4, -0.2) is 25.7 Å². The van der Waals surface area contributed by atoms with E-state index in [9.17, 15) is 13.2 Å². The van der Waals surface area contributed by atoms with Crippen LogP contribution in [0.2, 0.25) is 0 Å². The van der Waals surface area contributed by atoms with Crippen molar-refractivity contribution in [1.82, 2.24) is 0 Å². The number of sulfone groups is 1. The van der Waals surface area contributed by atoms with Gasteiger partial charge in [-0.15, -0.1) is 6.42 Å². The molecule has 0 saturated heterocycles. The molecule has 0 spiro atoms. The highest BCUT2D eigenvalue weighted by Crippen LogP contribution is 1.93. The molecule has 11 heavy (non-hydrogen) atoms. The van der Waals surface area contributed by atoms with Crippen LogP contribution < -0.4 is 0 Å². The fourth-order valence-electron chi connectivity index (χ4n) is 0.498. The Morgan fingerprint density at radius 3 is 2.45 bits per heavy atom. The minimum Gasteiger partial charge on any atom is -0.300 e. The Kier molecular flexibility index (Phi) is 3.83. The Morgan fingerprint density at radius 1 is 1.55 bits per heavy atom. The summed E-state index contributed by atoms with van der Waals surface area (Å²) in [5, 5.41) is 0. The van der Waals surface area contributed by atoms with Crippen LogP contribution in [0.4, 0.5) is 0 Å². The zero-order valence-corrected chi connectivity index (χ0v) is 7.15. The predicted molar refractivity (Wildman–Crippen MR) is 42.8 cm³/mol. The second-order valence-electron chi connectivity index (χ2n) is 2.25. The van der Waals surface area contributed by atoms with Crippen LogP contribution in [0.15, 0.2) is 0 Å². The van der Waals surface area contributed by atoms with Crippen LogP contribution >= 0.6 is 0 Å². The SMILES string of the molecule is C#CCS(=O)(=O)CCC(C)=O. The van der Waals surface area contributed by atoms with E-state index in [-0.39, 0.29) is 23.7 Å². The molecule has 62 valence electrons. The summed E-state index contributed by atoms with van der Waals surface area (Å²) in [5.74, 6) is 1.49. The van der Waals surface area contributed by atoms with Gasteiger partial charge >= 0.3 is 0 Å². The minimum atomic E-state index is -3.18. The molecule has 0 aliphatic heterocycles. The van der Waals surface area contributed by atoms with Crippen molar-refractivity contribution in [1.29, 1.82) is 0 Å². The molecule has 0 N–H and O–H groups in total. The molecule has 0 aromatic carbocycles. The summed E-state index contributed by atoms with van der Waals surface area (Å²) in [5.41, 5.74) is 0. The predicted octanol–water partition coefficient (Wildman–Crippen LogP) is 0.0135. The van der Waals surface area contributed by atoms with Crippen LogP contribution in [0.3, 0.4) is 0 Å². The van der Waals surface area contributed by atoms with Gasteiger partial charge in [-0.3, -0.25) is 4.79 Å². The van der Waals surface area contributed by atoms with Gasteiger partial charge in [0.2, 0.25) is 0 Å². The molecule has 0 radical (unpaired) electrons. The summed E-state index contributed by atoms with van der Waals surface area (Å²) >= 11 is 0. The molecular weight excluding hydrogens is 164 g/mol. The average Bonchev–Trinajstić information content (AvgIpc) is 1.84. The number of Topliss-reactive ketones (excluding diaryl/α,β-unsaturated/α-hetero) is 1. The smallest absolute Gasteiger partial charge is 0.161 e. The Morgan fingerprint density at radius 2 is 2.09 bits per heavy atom. The van der Waals surface area contributed by atoms with Crippen molar-refractivity contribution in [3.8, 4) is 12.3 Å². The fraction of sp³-hybridized carbons (Fsp3) is 0.571. The third-order valence-electron chi connectivity index (χ3n) is 1.07. The van der Waals surface area contributed by atoms with E-state index in [1.54, 1.807) is 0 Å². The number of hydrogen-bond donors (Lipinski definition) is 0. The highest BCUT2D eigenvalue weighted by atomic mass is 32.2. The van der Waals surface area contributed by atoms with E-state index in [2.05, 4.69) is 0 Å². The summed E-state index contributed by atoms with van der Waals surface area (Å²) in [6.45, 7) is 1.35. The molecule has 0 rings (SSSR count). The van der Waals surface area contributed by atoms with Gasteiger partial charge in [0.05, 0.1) is 5.75 Å². The fourth-order valence-corrected chi connectivity index (χ4v) is 1.50. The Hall–Kier alpha value is -0.820. The van der Waals surface area contributed by atoms with Crippen molar-refractivity contribution in [2.75, 3.05) is 11.5 Å². The first-order valence-corrected chi connectivity index (χ1v) is 4.93. The number of ketones is 1. The van der Waals surface area contributed by atoms with Gasteiger partial charge < -0.3 is 0 Å². The third kappa shape index (κ3) is 5.62. The number of terminal acetylenes is 1. The lowest BCUT2D eigenvalue weighted by atomic mass is 10.4. The summed E-state index contributed by atoms with van der Waals surface area (Å²) < 4.78 is 21.7. The van der Waals surface area contributed by atoms with Gasteiger partial charge in [0, 0.05) is 6.42 Å². The highest BCUT2D eigenvalue weighted by Gasteiger charge is 2.09. The van der Waals surface area contributed by atoms with Crippen LogP contribution in [0, 0.1) is 12.3 Å². The molecule has 0 aromatic rings. The Bertz CT molecular complexity index is 269. The van der Waals surface area contributed by atoms with E-state index in [1.165, 1.54) is 6.92 Å². The molecule has 0 fully saturated rings. The minimum absolute atomic E-state index is 0.0595. The van der Waals surface area contributed by atoms with Gasteiger partial charge in [-0.2, -0.15) is 0 Å². The molecule has 0 atom stereocenters. The highest BCUT2D eigenvalue weighted by molar-refractivity contribution is 7.91. The van der Waals surface area contributed by atoms with E-state index < -0.39 is 9.84 Å². The number of hydrogen-bond acceptors (Lipinski definition) is 3. The Balaban J connectivity index is 3.96. The maximum absolute atomic E-state index is 10.8. The van der Waals surface area contributed by atoms with Crippen LogP contribution in [0.5, 0.6) is 0 Å². The second-order valence-corrected chi connectivity index (χ2v) is 4.43. The van der Waals surface area contributed by atoms with Crippen molar-refractivity contribution >= 4 is 15.6 Å². The molecule has 0 saturated carbocycles. The average molecular weight is 174 g/mol. The van der Waals surface area contributed by atoms with Crippen LogP contribution in [0.1, 0.15) is 13.3 Å². The third-order valence-corrected chi connectivity index (χ3v) is 2.50. The first-order chi connectivity index (χ1) is 4.98. The van der Waals surface area contributed by atoms with Gasteiger partial charge in [-0.05, 0) is 6.92 Å². The maximum Gasteiger partial charge on any atom is 0.161 e. The van der Waals surface area contributed by atoms with Gasteiger partial charge in [-0.25, -0.2) is 8.42 Å². The van der Waals surface area contributed by atoms with Gasteiger partial charge in [0.1, 0.15) is 11.5 Å². The molecule has 0 amide bonds. The zero-order valence-electron chi connectivity index (χ0n) is 6.33. The molecular formula is C7H10O3S. The van der Waals surface area contributed by atoms with Crippen molar-refractivity contribution in [3.63, 3.8) is 0 Å². The topological polar surface area (TPSA) is 51.2 Å². The van der Waals surface area contributed by atoms with E-state index >= 15 is 0 Å². The van der Waals surface area contributed by atoms with Crippen LogP contribution in [-0.2, 0) is 14.6 Å². The molecule has 0 heterocycles. The van der Waals surface area contributed by atoms with Crippen molar-refractivity contribution in [3.05, 3.63) is 0 Å². The lowest BCUT2D eigenvalue weighted by Crippen LogP contribution is -2.12. The molecule has 0 unspecified atom stereocenters. The quantitative estimate of drug-likeness (QED) is 0.564. The second kappa shape index (κ2) is 4.14. The largest absolute Gasteiger partial charge is 0.300 e. The first-order valence-electron chi connectivity index (χ1n) is 3.11. The van der Waals surface area contributed by atoms with Crippen molar-refractivity contribution < 1.29 is 13.2 Å². The van der Waals surface area contributed by atoms with E-state index in [0.717, 1.165) is 0 Å². The van der Waals surface area contributed by atoms with Gasteiger partial charge in [0.15, 0.2) is 9.84 Å². The molecule has 0 bridgehead atoms. The van der Waals surface area contributed by atoms with E-state index in [0.29, 0.717) is 0 Å². The summed E-state index contributed by atoms with van der Waals surface area (Å²) in [6, 6.07) is 0.